The summed E-state index contributed by atoms with van der Waals surface area (Å²) in [5.41, 5.74) is 2.03. The zero-order chi connectivity index (χ0) is 17.7. The Morgan fingerprint density at radius 3 is 2.48 bits per heavy atom. The Balaban J connectivity index is 1.86. The van der Waals surface area contributed by atoms with Crippen LogP contribution in [0, 0.1) is 0 Å². The topological polar surface area (TPSA) is 35.0 Å². The zero-order valence-electron chi connectivity index (χ0n) is 15.2. The average Bonchev–Trinajstić information content (AvgIpc) is 2.66. The second-order valence-electron chi connectivity index (χ2n) is 6.32. The molecule has 1 aromatic heterocycles. The van der Waals surface area contributed by atoms with Gasteiger partial charge in [0.1, 0.15) is 11.6 Å². The summed E-state index contributed by atoms with van der Waals surface area (Å²) in [7, 11) is 0. The van der Waals surface area contributed by atoms with E-state index in [-0.39, 0.29) is 6.67 Å². The van der Waals surface area contributed by atoms with Crippen LogP contribution in [0.1, 0.15) is 57.7 Å². The molecule has 4 heteroatoms. The van der Waals surface area contributed by atoms with E-state index < -0.39 is 0 Å². The predicted octanol–water partition coefficient (Wildman–Crippen LogP) is 5.79. The molecular weight excluding hydrogens is 315 g/mol. The van der Waals surface area contributed by atoms with E-state index in [0.29, 0.717) is 13.0 Å². The molecule has 25 heavy (non-hydrogen) atoms. The van der Waals surface area contributed by atoms with E-state index in [2.05, 4.69) is 16.9 Å². The molecule has 0 radical (unpaired) electrons. The highest BCUT2D eigenvalue weighted by atomic mass is 19.1. The van der Waals surface area contributed by atoms with Gasteiger partial charge < -0.3 is 4.74 Å². The second kappa shape index (κ2) is 11.6. The fraction of sp³-hybridized carbons (Fsp3) is 0.524. The Morgan fingerprint density at radius 2 is 1.72 bits per heavy atom. The first-order chi connectivity index (χ1) is 12.3. The van der Waals surface area contributed by atoms with Crippen molar-refractivity contribution in [2.45, 2.75) is 58.3 Å². The third-order valence-electron chi connectivity index (χ3n) is 4.17. The van der Waals surface area contributed by atoms with Gasteiger partial charge in [0.25, 0.3) is 0 Å². The SMILES string of the molecule is CCCCCCCc1ncc(-c2cccc(OCCCCF)c2)cn1. The average molecular weight is 344 g/mol. The van der Waals surface area contributed by atoms with Crippen molar-refractivity contribution < 1.29 is 9.13 Å². The van der Waals surface area contributed by atoms with Gasteiger partial charge in [-0.2, -0.15) is 0 Å². The van der Waals surface area contributed by atoms with Crippen molar-refractivity contribution in [3.8, 4) is 16.9 Å². The Bertz CT molecular complexity index is 601. The quantitative estimate of drug-likeness (QED) is 0.457. The molecule has 0 saturated heterocycles. The number of halogens is 1. The number of ether oxygens (including phenoxy) is 1. The lowest BCUT2D eigenvalue weighted by molar-refractivity contribution is 0.297. The van der Waals surface area contributed by atoms with Gasteiger partial charge in [-0.15, -0.1) is 0 Å². The lowest BCUT2D eigenvalue weighted by Gasteiger charge is -2.08. The minimum atomic E-state index is -0.286. The minimum Gasteiger partial charge on any atom is -0.494 e. The molecule has 1 heterocycles. The highest BCUT2D eigenvalue weighted by Crippen LogP contribution is 2.23. The fourth-order valence-corrected chi connectivity index (χ4v) is 2.67. The van der Waals surface area contributed by atoms with E-state index in [1.807, 2.05) is 36.7 Å². The Labute approximate surface area is 150 Å². The van der Waals surface area contributed by atoms with Crippen LogP contribution in [-0.4, -0.2) is 23.2 Å². The Morgan fingerprint density at radius 1 is 0.920 bits per heavy atom. The first-order valence-corrected chi connectivity index (χ1v) is 9.43. The molecule has 0 aliphatic heterocycles. The molecule has 0 fully saturated rings. The first kappa shape index (κ1) is 19.4. The van der Waals surface area contributed by atoms with E-state index in [1.54, 1.807) is 0 Å². The Hall–Kier alpha value is -1.97. The van der Waals surface area contributed by atoms with E-state index in [4.69, 9.17) is 4.74 Å². The number of alkyl halides is 1. The van der Waals surface area contributed by atoms with Crippen molar-refractivity contribution >= 4 is 0 Å². The van der Waals surface area contributed by atoms with Crippen molar-refractivity contribution in [3.63, 3.8) is 0 Å². The van der Waals surface area contributed by atoms with Gasteiger partial charge in [-0.3, -0.25) is 4.39 Å². The highest BCUT2D eigenvalue weighted by Gasteiger charge is 2.03. The number of nitrogens with zero attached hydrogens (tertiary/aromatic N) is 2. The van der Waals surface area contributed by atoms with Crippen LogP contribution in [-0.2, 0) is 6.42 Å². The van der Waals surface area contributed by atoms with Gasteiger partial charge in [-0.05, 0) is 37.0 Å². The van der Waals surface area contributed by atoms with Crippen LogP contribution in [0.25, 0.3) is 11.1 Å². The van der Waals surface area contributed by atoms with Crippen LogP contribution in [0.5, 0.6) is 5.75 Å². The lowest BCUT2D eigenvalue weighted by Crippen LogP contribution is -1.98. The molecule has 3 nitrogen and oxygen atoms in total. The maximum atomic E-state index is 12.1. The molecule has 136 valence electrons. The molecule has 0 unspecified atom stereocenters. The fourth-order valence-electron chi connectivity index (χ4n) is 2.67. The van der Waals surface area contributed by atoms with Crippen LogP contribution in [0.4, 0.5) is 4.39 Å². The maximum Gasteiger partial charge on any atom is 0.128 e. The summed E-state index contributed by atoms with van der Waals surface area (Å²) >= 11 is 0. The summed E-state index contributed by atoms with van der Waals surface area (Å²) in [5, 5.41) is 0. The first-order valence-electron chi connectivity index (χ1n) is 9.43. The van der Waals surface area contributed by atoms with Gasteiger partial charge in [0.15, 0.2) is 0 Å². The Kier molecular flexibility index (Phi) is 8.95. The van der Waals surface area contributed by atoms with Gasteiger partial charge in [-0.25, -0.2) is 9.97 Å². The van der Waals surface area contributed by atoms with Crippen LogP contribution < -0.4 is 4.74 Å². The van der Waals surface area contributed by atoms with Crippen molar-refractivity contribution in [1.82, 2.24) is 9.97 Å². The molecule has 1 aromatic carbocycles. The van der Waals surface area contributed by atoms with E-state index >= 15 is 0 Å². The normalized spacial score (nSPS) is 10.8. The molecule has 2 aromatic rings. The maximum absolute atomic E-state index is 12.1. The molecule has 0 amide bonds. The number of aryl methyl sites for hydroxylation is 1. The smallest absolute Gasteiger partial charge is 0.128 e. The van der Waals surface area contributed by atoms with E-state index in [1.165, 1.54) is 25.7 Å². The van der Waals surface area contributed by atoms with Gasteiger partial charge >= 0.3 is 0 Å². The predicted molar refractivity (Wildman–Crippen MR) is 101 cm³/mol. The number of hydrogen-bond acceptors (Lipinski definition) is 3. The molecular formula is C21H29FN2O. The third-order valence-corrected chi connectivity index (χ3v) is 4.17. The van der Waals surface area contributed by atoms with Crippen LogP contribution in [0.2, 0.25) is 0 Å². The van der Waals surface area contributed by atoms with Gasteiger partial charge in [-0.1, -0.05) is 44.7 Å². The number of hydrogen-bond donors (Lipinski definition) is 0. The third kappa shape index (κ3) is 7.20. The van der Waals surface area contributed by atoms with Crippen molar-refractivity contribution in [1.29, 1.82) is 0 Å². The van der Waals surface area contributed by atoms with Gasteiger partial charge in [0, 0.05) is 24.4 Å². The molecule has 0 aliphatic rings. The summed E-state index contributed by atoms with van der Waals surface area (Å²) in [5.74, 6) is 1.72. The zero-order valence-corrected chi connectivity index (χ0v) is 15.2. The molecule has 0 spiro atoms. The number of unbranched alkanes of at least 4 members (excludes halogenated alkanes) is 5. The number of benzene rings is 1. The van der Waals surface area contributed by atoms with Gasteiger partial charge in [0.2, 0.25) is 0 Å². The molecule has 0 N–H and O–H groups in total. The van der Waals surface area contributed by atoms with Crippen LogP contribution in [0.3, 0.4) is 0 Å². The van der Waals surface area contributed by atoms with Gasteiger partial charge in [0.05, 0.1) is 13.3 Å². The standard InChI is InChI=1S/C21H29FN2O/c1-2-3-4-5-6-12-21-23-16-19(17-24-21)18-10-9-11-20(15-18)25-14-8-7-13-22/h9-11,15-17H,2-8,12-14H2,1H3. The molecule has 0 atom stereocenters. The van der Waals surface area contributed by atoms with Crippen molar-refractivity contribution in [2.75, 3.05) is 13.3 Å². The molecule has 2 rings (SSSR count). The largest absolute Gasteiger partial charge is 0.494 e. The van der Waals surface area contributed by atoms with Crippen molar-refractivity contribution in [2.24, 2.45) is 0 Å². The number of rotatable bonds is 12. The number of aromatic nitrogens is 2. The summed E-state index contributed by atoms with van der Waals surface area (Å²) < 4.78 is 17.8. The summed E-state index contributed by atoms with van der Waals surface area (Å²) in [6, 6.07) is 7.89. The van der Waals surface area contributed by atoms with E-state index in [9.17, 15) is 4.39 Å². The molecule has 0 saturated carbocycles. The molecule has 0 aliphatic carbocycles. The summed E-state index contributed by atoms with van der Waals surface area (Å²) in [6.07, 6.45) is 12.3. The highest BCUT2D eigenvalue weighted by molar-refractivity contribution is 5.63. The van der Waals surface area contributed by atoms with Crippen LogP contribution >= 0.6 is 0 Å². The summed E-state index contributed by atoms with van der Waals surface area (Å²) in [6.45, 7) is 2.48. The van der Waals surface area contributed by atoms with Crippen LogP contribution in [0.15, 0.2) is 36.7 Å². The lowest BCUT2D eigenvalue weighted by atomic mass is 10.1. The van der Waals surface area contributed by atoms with Crippen molar-refractivity contribution in [3.05, 3.63) is 42.5 Å². The summed E-state index contributed by atoms with van der Waals surface area (Å²) in [4.78, 5) is 8.99. The second-order valence-corrected chi connectivity index (χ2v) is 6.32. The minimum absolute atomic E-state index is 0.286. The monoisotopic (exact) mass is 344 g/mol. The molecule has 0 bridgehead atoms. The van der Waals surface area contributed by atoms with E-state index in [0.717, 1.165) is 42.0 Å².